The lowest BCUT2D eigenvalue weighted by Gasteiger charge is -2.14. The van der Waals surface area contributed by atoms with Crippen molar-refractivity contribution < 1.29 is 9.84 Å². The number of aliphatic hydroxyl groups excluding tert-OH is 1. The average Bonchev–Trinajstić information content (AvgIpc) is 2.73. The van der Waals surface area contributed by atoms with Crippen LogP contribution in [0.1, 0.15) is 19.8 Å². The maximum atomic E-state index is 9.08. The maximum Gasteiger partial charge on any atom is 0.288 e. The van der Waals surface area contributed by atoms with E-state index < -0.39 is 5.54 Å². The summed E-state index contributed by atoms with van der Waals surface area (Å²) in [6.45, 7) is 4.57. The minimum Gasteiger partial charge on any atom is -0.462 e. The Labute approximate surface area is 78.2 Å². The highest BCUT2D eigenvalue weighted by Crippen LogP contribution is 2.21. The molecule has 1 saturated heterocycles. The highest BCUT2D eigenvalue weighted by Gasteiger charge is 2.33. The zero-order valence-corrected chi connectivity index (χ0v) is 7.99. The van der Waals surface area contributed by atoms with Crippen LogP contribution in [0.5, 0.6) is 0 Å². The number of aliphatic imine (C=N–C) groups is 1. The van der Waals surface area contributed by atoms with E-state index in [1.165, 1.54) is 12.8 Å². The van der Waals surface area contributed by atoms with E-state index in [2.05, 4.69) is 9.89 Å². The van der Waals surface area contributed by atoms with Crippen LogP contribution >= 0.6 is 0 Å². The highest BCUT2D eigenvalue weighted by atomic mass is 16.5. The molecule has 0 aromatic heterocycles. The number of hydrogen-bond donors (Lipinski definition) is 1. The first-order valence-corrected chi connectivity index (χ1v) is 4.82. The van der Waals surface area contributed by atoms with Gasteiger partial charge in [0.25, 0.3) is 6.02 Å². The predicted octanol–water partition coefficient (Wildman–Crippen LogP) is 0.219. The van der Waals surface area contributed by atoms with Crippen molar-refractivity contribution in [3.63, 3.8) is 0 Å². The van der Waals surface area contributed by atoms with Crippen LogP contribution in [0.4, 0.5) is 0 Å². The molecule has 1 fully saturated rings. The Morgan fingerprint density at radius 1 is 1.54 bits per heavy atom. The van der Waals surface area contributed by atoms with Crippen LogP contribution in [0.25, 0.3) is 0 Å². The normalized spacial score (nSPS) is 33.4. The van der Waals surface area contributed by atoms with Crippen molar-refractivity contribution in [3.8, 4) is 0 Å². The van der Waals surface area contributed by atoms with Crippen molar-refractivity contribution in [2.24, 2.45) is 4.99 Å². The summed E-state index contributed by atoms with van der Waals surface area (Å²) in [6, 6.07) is 0.731. The SMILES string of the molecule is CC1(CO)COC(N2CCCC2)=N1. The molecule has 0 radical (unpaired) electrons. The first-order chi connectivity index (χ1) is 6.23. The molecule has 0 amide bonds. The molecular formula is C9H16N2O2. The Kier molecular flexibility index (Phi) is 2.15. The van der Waals surface area contributed by atoms with Gasteiger partial charge < -0.3 is 14.7 Å². The smallest absolute Gasteiger partial charge is 0.288 e. The number of nitrogens with zero attached hydrogens (tertiary/aromatic N) is 2. The number of ether oxygens (including phenoxy) is 1. The number of amidine groups is 1. The Hall–Kier alpha value is -0.770. The Bertz CT molecular complexity index is 224. The number of aliphatic hydroxyl groups is 1. The van der Waals surface area contributed by atoms with Crippen LogP contribution in [0, 0.1) is 0 Å². The minimum atomic E-state index is -0.405. The summed E-state index contributed by atoms with van der Waals surface area (Å²) in [5.74, 6) is 0. The molecule has 0 bridgehead atoms. The second kappa shape index (κ2) is 3.18. The molecule has 4 nitrogen and oxygen atoms in total. The van der Waals surface area contributed by atoms with Gasteiger partial charge in [-0.2, -0.15) is 0 Å². The number of rotatable bonds is 1. The van der Waals surface area contributed by atoms with Crippen molar-refractivity contribution in [2.75, 3.05) is 26.3 Å². The molecule has 2 aliphatic heterocycles. The average molecular weight is 184 g/mol. The van der Waals surface area contributed by atoms with Crippen molar-refractivity contribution in [1.82, 2.24) is 4.90 Å². The third kappa shape index (κ3) is 1.63. The fourth-order valence-corrected chi connectivity index (χ4v) is 1.67. The number of likely N-dealkylation sites (tertiary alicyclic amines) is 1. The summed E-state index contributed by atoms with van der Waals surface area (Å²) in [5.41, 5.74) is -0.405. The second-order valence-electron chi connectivity index (χ2n) is 4.03. The van der Waals surface area contributed by atoms with E-state index >= 15 is 0 Å². The third-order valence-electron chi connectivity index (χ3n) is 2.59. The second-order valence-corrected chi connectivity index (χ2v) is 4.03. The molecule has 74 valence electrons. The Balaban J connectivity index is 2.04. The minimum absolute atomic E-state index is 0.0599. The van der Waals surface area contributed by atoms with E-state index in [0.29, 0.717) is 6.61 Å². The van der Waals surface area contributed by atoms with Gasteiger partial charge >= 0.3 is 0 Å². The van der Waals surface area contributed by atoms with Gasteiger partial charge in [-0.1, -0.05) is 0 Å². The molecule has 0 aromatic carbocycles. The summed E-state index contributed by atoms with van der Waals surface area (Å²) in [4.78, 5) is 6.54. The molecular weight excluding hydrogens is 168 g/mol. The van der Waals surface area contributed by atoms with Crippen molar-refractivity contribution >= 4 is 6.02 Å². The summed E-state index contributed by atoms with van der Waals surface area (Å²) in [6.07, 6.45) is 2.44. The lowest BCUT2D eigenvalue weighted by atomic mass is 10.1. The van der Waals surface area contributed by atoms with E-state index in [1.54, 1.807) is 0 Å². The zero-order chi connectivity index (χ0) is 9.31. The molecule has 2 aliphatic rings. The third-order valence-corrected chi connectivity index (χ3v) is 2.59. The Morgan fingerprint density at radius 2 is 2.23 bits per heavy atom. The first-order valence-electron chi connectivity index (χ1n) is 4.82. The van der Waals surface area contributed by atoms with Gasteiger partial charge in [0.2, 0.25) is 0 Å². The molecule has 0 saturated carbocycles. The van der Waals surface area contributed by atoms with Crippen LogP contribution in [0.15, 0.2) is 4.99 Å². The molecule has 1 unspecified atom stereocenters. The first kappa shape index (κ1) is 8.81. The molecule has 0 aliphatic carbocycles. The lowest BCUT2D eigenvalue weighted by molar-refractivity contribution is 0.163. The maximum absolute atomic E-state index is 9.08. The van der Waals surface area contributed by atoms with E-state index in [9.17, 15) is 0 Å². The van der Waals surface area contributed by atoms with E-state index in [-0.39, 0.29) is 6.61 Å². The van der Waals surface area contributed by atoms with Gasteiger partial charge in [-0.05, 0) is 19.8 Å². The summed E-state index contributed by atoms with van der Waals surface area (Å²) < 4.78 is 5.46. The van der Waals surface area contributed by atoms with Gasteiger partial charge in [0.1, 0.15) is 12.1 Å². The number of hydrogen-bond acceptors (Lipinski definition) is 4. The quantitative estimate of drug-likeness (QED) is 0.634. The van der Waals surface area contributed by atoms with Crippen LogP contribution in [0.3, 0.4) is 0 Å². The fraction of sp³-hybridized carbons (Fsp3) is 0.889. The monoisotopic (exact) mass is 184 g/mol. The summed E-state index contributed by atoms with van der Waals surface area (Å²) >= 11 is 0. The van der Waals surface area contributed by atoms with Gasteiger partial charge in [0.05, 0.1) is 6.61 Å². The van der Waals surface area contributed by atoms with Gasteiger partial charge in [0.15, 0.2) is 0 Å². The lowest BCUT2D eigenvalue weighted by Crippen LogP contribution is -2.28. The van der Waals surface area contributed by atoms with E-state index in [1.807, 2.05) is 6.92 Å². The molecule has 1 N–H and O–H groups in total. The van der Waals surface area contributed by atoms with Crippen molar-refractivity contribution in [1.29, 1.82) is 0 Å². The molecule has 0 spiro atoms. The Morgan fingerprint density at radius 3 is 2.77 bits per heavy atom. The van der Waals surface area contributed by atoms with E-state index in [4.69, 9.17) is 9.84 Å². The molecule has 2 heterocycles. The molecule has 1 atom stereocenters. The van der Waals surface area contributed by atoms with Gasteiger partial charge in [0, 0.05) is 13.1 Å². The van der Waals surface area contributed by atoms with Crippen LogP contribution in [-0.4, -0.2) is 47.9 Å². The summed E-state index contributed by atoms with van der Waals surface area (Å²) in [5, 5.41) is 9.08. The predicted molar refractivity (Wildman–Crippen MR) is 49.7 cm³/mol. The van der Waals surface area contributed by atoms with Crippen molar-refractivity contribution in [3.05, 3.63) is 0 Å². The molecule has 13 heavy (non-hydrogen) atoms. The largest absolute Gasteiger partial charge is 0.462 e. The highest BCUT2D eigenvalue weighted by molar-refractivity contribution is 5.76. The zero-order valence-electron chi connectivity index (χ0n) is 7.99. The molecule has 2 rings (SSSR count). The van der Waals surface area contributed by atoms with Gasteiger partial charge in [-0.15, -0.1) is 0 Å². The molecule has 4 heteroatoms. The van der Waals surface area contributed by atoms with Gasteiger partial charge in [-0.25, -0.2) is 4.99 Å². The van der Waals surface area contributed by atoms with Crippen LogP contribution < -0.4 is 0 Å². The van der Waals surface area contributed by atoms with Gasteiger partial charge in [-0.3, -0.25) is 0 Å². The standard InChI is InChI=1S/C9H16N2O2/c1-9(6-12)7-13-8(10-9)11-4-2-3-5-11/h12H,2-7H2,1H3. The summed E-state index contributed by atoms with van der Waals surface area (Å²) in [7, 11) is 0. The fourth-order valence-electron chi connectivity index (χ4n) is 1.67. The van der Waals surface area contributed by atoms with E-state index in [0.717, 1.165) is 19.1 Å². The molecule has 0 aromatic rings. The van der Waals surface area contributed by atoms with Crippen LogP contribution in [-0.2, 0) is 4.74 Å². The topological polar surface area (TPSA) is 45.1 Å². The van der Waals surface area contributed by atoms with Crippen LogP contribution in [0.2, 0.25) is 0 Å². The van der Waals surface area contributed by atoms with Crippen molar-refractivity contribution in [2.45, 2.75) is 25.3 Å².